The van der Waals surface area contributed by atoms with Gasteiger partial charge in [0.2, 0.25) is 0 Å². The largest absolute Gasteiger partial charge is 0.492 e. The molecule has 1 rings (SSSR count). The molecule has 1 aromatic rings. The molecule has 0 fully saturated rings. The van der Waals surface area contributed by atoms with E-state index in [-0.39, 0.29) is 5.92 Å². The topological polar surface area (TPSA) is 61.3 Å². The van der Waals surface area contributed by atoms with E-state index in [9.17, 15) is 0 Å². The van der Waals surface area contributed by atoms with Gasteiger partial charge < -0.3 is 16.2 Å². The molecule has 0 aliphatic carbocycles. The summed E-state index contributed by atoms with van der Waals surface area (Å²) in [6, 6.07) is 3.63. The zero-order valence-corrected chi connectivity index (χ0v) is 13.7. The third kappa shape index (κ3) is 4.81. The molecule has 0 bridgehead atoms. The molecule has 0 aliphatic rings. The molecule has 0 radical (unpaired) electrons. The summed E-state index contributed by atoms with van der Waals surface area (Å²) in [6.07, 6.45) is 1.74. The lowest BCUT2D eigenvalue weighted by Gasteiger charge is -2.22. The van der Waals surface area contributed by atoms with E-state index >= 15 is 0 Å². The van der Waals surface area contributed by atoms with E-state index in [4.69, 9.17) is 39.4 Å². The second-order valence-corrected chi connectivity index (χ2v) is 5.98. The molecule has 1 unspecified atom stereocenters. The number of rotatable bonds is 8. The van der Waals surface area contributed by atoms with Crippen LogP contribution >= 0.6 is 23.2 Å². The van der Waals surface area contributed by atoms with E-state index in [0.29, 0.717) is 35.7 Å². The highest BCUT2D eigenvalue weighted by molar-refractivity contribution is 6.35. The first-order chi connectivity index (χ1) is 9.53. The smallest absolute Gasteiger partial charge is 0.141 e. The molecule has 0 aromatic heterocycles. The first-order valence-electron chi connectivity index (χ1n) is 7.04. The maximum atomic E-state index is 6.24. The molecule has 114 valence electrons. The van der Waals surface area contributed by atoms with Gasteiger partial charge in [0.1, 0.15) is 5.75 Å². The van der Waals surface area contributed by atoms with Crippen LogP contribution in [-0.4, -0.2) is 19.7 Å². The normalized spacial score (nSPS) is 12.8. The average Bonchev–Trinajstić information content (AvgIpc) is 2.39. The van der Waals surface area contributed by atoms with Gasteiger partial charge in [0.05, 0.1) is 11.6 Å². The summed E-state index contributed by atoms with van der Waals surface area (Å²) in [5, 5.41) is 1.18. The van der Waals surface area contributed by atoms with Crippen LogP contribution in [0.3, 0.4) is 0 Å². The number of nitrogens with two attached hydrogens (primary N) is 2. The van der Waals surface area contributed by atoms with Gasteiger partial charge in [-0.25, -0.2) is 0 Å². The summed E-state index contributed by atoms with van der Waals surface area (Å²) in [6.45, 7) is 6.00. The summed E-state index contributed by atoms with van der Waals surface area (Å²) < 4.78 is 5.77. The molecule has 20 heavy (non-hydrogen) atoms. The Labute approximate surface area is 131 Å². The lowest BCUT2D eigenvalue weighted by atomic mass is 9.88. The minimum atomic E-state index is 0.284. The highest BCUT2D eigenvalue weighted by Crippen LogP contribution is 2.34. The fourth-order valence-corrected chi connectivity index (χ4v) is 2.80. The van der Waals surface area contributed by atoms with Gasteiger partial charge in [-0.05, 0) is 55.5 Å². The van der Waals surface area contributed by atoms with Crippen molar-refractivity contribution in [1.82, 2.24) is 0 Å². The molecule has 0 saturated carbocycles. The van der Waals surface area contributed by atoms with Crippen molar-refractivity contribution in [3.8, 4) is 5.75 Å². The zero-order valence-electron chi connectivity index (χ0n) is 12.2. The molecular formula is C15H24Cl2N2O. The number of hydrogen-bond donors (Lipinski definition) is 2. The third-order valence-corrected chi connectivity index (χ3v) is 3.99. The molecule has 0 spiro atoms. The van der Waals surface area contributed by atoms with Crippen LogP contribution in [0.2, 0.25) is 10.0 Å². The summed E-state index contributed by atoms with van der Waals surface area (Å²) in [5.41, 5.74) is 12.5. The monoisotopic (exact) mass is 318 g/mol. The number of halogens is 2. The number of hydrogen-bond acceptors (Lipinski definition) is 3. The van der Waals surface area contributed by atoms with E-state index in [1.807, 2.05) is 6.07 Å². The van der Waals surface area contributed by atoms with Crippen LogP contribution in [0.25, 0.3) is 0 Å². The number of benzene rings is 1. The first-order valence-corrected chi connectivity index (χ1v) is 7.79. The lowest BCUT2D eigenvalue weighted by molar-refractivity contribution is 0.308. The fraction of sp³-hybridized carbons (Fsp3) is 0.600. The van der Waals surface area contributed by atoms with E-state index in [1.54, 1.807) is 6.07 Å². The lowest BCUT2D eigenvalue weighted by Crippen LogP contribution is -2.30. The molecule has 0 saturated heterocycles. The van der Waals surface area contributed by atoms with Gasteiger partial charge in [-0.2, -0.15) is 0 Å². The Bertz CT molecular complexity index is 423. The summed E-state index contributed by atoms with van der Waals surface area (Å²) in [4.78, 5) is 0. The SMILES string of the molecule is CCCOc1c(Cl)cc(Cl)cc1CC(C)C(CN)CN. The molecular weight excluding hydrogens is 295 g/mol. The molecule has 0 heterocycles. The van der Waals surface area contributed by atoms with E-state index in [1.165, 1.54) is 0 Å². The minimum absolute atomic E-state index is 0.284. The minimum Gasteiger partial charge on any atom is -0.492 e. The fourth-order valence-electron chi connectivity index (χ4n) is 2.21. The predicted octanol–water partition coefficient (Wildman–Crippen LogP) is 3.49. The maximum Gasteiger partial charge on any atom is 0.141 e. The molecule has 1 aromatic carbocycles. The predicted molar refractivity (Wildman–Crippen MR) is 86.7 cm³/mol. The Morgan fingerprint density at radius 1 is 1.20 bits per heavy atom. The summed E-state index contributed by atoms with van der Waals surface area (Å²) >= 11 is 12.3. The van der Waals surface area contributed by atoms with Crippen LogP contribution in [0.15, 0.2) is 12.1 Å². The van der Waals surface area contributed by atoms with Crippen LogP contribution < -0.4 is 16.2 Å². The Morgan fingerprint density at radius 2 is 1.85 bits per heavy atom. The van der Waals surface area contributed by atoms with Crippen LogP contribution in [0.1, 0.15) is 25.8 Å². The maximum absolute atomic E-state index is 6.24. The van der Waals surface area contributed by atoms with Crippen molar-refractivity contribution in [3.05, 3.63) is 27.7 Å². The third-order valence-electron chi connectivity index (χ3n) is 3.49. The average molecular weight is 319 g/mol. The Kier molecular flexibility index (Phi) is 7.67. The van der Waals surface area contributed by atoms with Gasteiger partial charge >= 0.3 is 0 Å². The Balaban J connectivity index is 2.96. The van der Waals surface area contributed by atoms with Crippen LogP contribution in [-0.2, 0) is 6.42 Å². The highest BCUT2D eigenvalue weighted by atomic mass is 35.5. The van der Waals surface area contributed by atoms with E-state index < -0.39 is 0 Å². The second-order valence-electron chi connectivity index (χ2n) is 5.14. The quantitative estimate of drug-likeness (QED) is 0.771. The van der Waals surface area contributed by atoms with Crippen molar-refractivity contribution in [2.24, 2.45) is 23.3 Å². The van der Waals surface area contributed by atoms with Crippen molar-refractivity contribution in [2.45, 2.75) is 26.7 Å². The van der Waals surface area contributed by atoms with Crippen molar-refractivity contribution < 1.29 is 4.74 Å². The molecule has 0 amide bonds. The summed E-state index contributed by atoms with van der Waals surface area (Å²) in [5.74, 6) is 1.37. The van der Waals surface area contributed by atoms with Gasteiger partial charge in [0.15, 0.2) is 0 Å². The van der Waals surface area contributed by atoms with E-state index in [2.05, 4.69) is 13.8 Å². The van der Waals surface area contributed by atoms with Crippen LogP contribution in [0.5, 0.6) is 5.75 Å². The number of ether oxygens (including phenoxy) is 1. The van der Waals surface area contributed by atoms with E-state index in [0.717, 1.165) is 24.2 Å². The van der Waals surface area contributed by atoms with Crippen LogP contribution in [0, 0.1) is 11.8 Å². The van der Waals surface area contributed by atoms with Crippen molar-refractivity contribution >= 4 is 23.2 Å². The van der Waals surface area contributed by atoms with Gasteiger partial charge in [-0.1, -0.05) is 37.0 Å². The second kappa shape index (κ2) is 8.73. The van der Waals surface area contributed by atoms with Crippen molar-refractivity contribution in [1.29, 1.82) is 0 Å². The van der Waals surface area contributed by atoms with Crippen molar-refractivity contribution in [2.75, 3.05) is 19.7 Å². The molecule has 4 N–H and O–H groups in total. The Morgan fingerprint density at radius 3 is 2.40 bits per heavy atom. The van der Waals surface area contributed by atoms with Gasteiger partial charge in [0.25, 0.3) is 0 Å². The molecule has 5 heteroatoms. The molecule has 0 aliphatic heterocycles. The van der Waals surface area contributed by atoms with Crippen LogP contribution in [0.4, 0.5) is 0 Å². The highest BCUT2D eigenvalue weighted by Gasteiger charge is 2.18. The zero-order chi connectivity index (χ0) is 15.1. The van der Waals surface area contributed by atoms with Gasteiger partial charge in [-0.3, -0.25) is 0 Å². The molecule has 3 nitrogen and oxygen atoms in total. The van der Waals surface area contributed by atoms with Crippen molar-refractivity contribution in [3.63, 3.8) is 0 Å². The summed E-state index contributed by atoms with van der Waals surface area (Å²) in [7, 11) is 0. The van der Waals surface area contributed by atoms with Gasteiger partial charge in [-0.15, -0.1) is 0 Å². The Hall–Kier alpha value is -0.480. The van der Waals surface area contributed by atoms with Gasteiger partial charge in [0, 0.05) is 5.02 Å². The molecule has 1 atom stereocenters. The standard InChI is InChI=1S/C15H24Cl2N2O/c1-3-4-20-15-11(6-13(16)7-14(15)17)5-10(2)12(8-18)9-19/h6-7,10,12H,3-5,8-9,18-19H2,1-2H3. The first kappa shape index (κ1) is 17.6.